The lowest BCUT2D eigenvalue weighted by molar-refractivity contribution is 0.208. The van der Waals surface area contributed by atoms with Crippen molar-refractivity contribution in [3.8, 4) is 0 Å². The van der Waals surface area contributed by atoms with Gasteiger partial charge in [0.1, 0.15) is 0 Å². The third-order valence-electron chi connectivity index (χ3n) is 2.63. The first-order valence-electron chi connectivity index (χ1n) is 5.62. The lowest BCUT2D eigenvalue weighted by atomic mass is 10.0. The summed E-state index contributed by atoms with van der Waals surface area (Å²) >= 11 is 0. The van der Waals surface area contributed by atoms with Crippen molar-refractivity contribution < 1.29 is 8.42 Å². The van der Waals surface area contributed by atoms with Gasteiger partial charge < -0.3 is 11.1 Å². The van der Waals surface area contributed by atoms with Gasteiger partial charge in [0.15, 0.2) is 5.96 Å². The van der Waals surface area contributed by atoms with Gasteiger partial charge in [-0.15, -0.1) is 6.58 Å². The van der Waals surface area contributed by atoms with Gasteiger partial charge in [-0.25, -0.2) is 12.7 Å². The average Bonchev–Trinajstić information content (AvgIpc) is 2.23. The Morgan fingerprint density at radius 2 is 2.29 bits per heavy atom. The van der Waals surface area contributed by atoms with Crippen LogP contribution < -0.4 is 11.1 Å². The molecule has 0 radical (unpaired) electrons. The van der Waals surface area contributed by atoms with Crippen LogP contribution in [0.3, 0.4) is 0 Å². The Labute approximate surface area is 103 Å². The fraction of sp³-hybridized carbons (Fsp3) is 0.700. The van der Waals surface area contributed by atoms with Gasteiger partial charge in [-0.1, -0.05) is 6.08 Å². The molecule has 17 heavy (non-hydrogen) atoms. The van der Waals surface area contributed by atoms with E-state index in [-0.39, 0.29) is 11.7 Å². The summed E-state index contributed by atoms with van der Waals surface area (Å²) in [6.07, 6.45) is 1.70. The molecule has 0 aliphatic carbocycles. The second-order valence-corrected chi connectivity index (χ2v) is 6.24. The smallest absolute Gasteiger partial charge is 0.213 e. The van der Waals surface area contributed by atoms with E-state index in [1.165, 1.54) is 4.31 Å². The van der Waals surface area contributed by atoms with Crippen molar-refractivity contribution in [2.75, 3.05) is 31.9 Å². The van der Waals surface area contributed by atoms with E-state index in [4.69, 9.17) is 5.73 Å². The van der Waals surface area contributed by atoms with Crippen LogP contribution >= 0.6 is 0 Å². The fourth-order valence-corrected chi connectivity index (χ4v) is 2.75. The molecule has 98 valence electrons. The van der Waals surface area contributed by atoms with Gasteiger partial charge in [0.25, 0.3) is 0 Å². The van der Waals surface area contributed by atoms with Crippen LogP contribution in [0.4, 0.5) is 0 Å². The number of hydrogen-bond donors (Lipinski definition) is 2. The topological polar surface area (TPSA) is 87.8 Å². The summed E-state index contributed by atoms with van der Waals surface area (Å²) in [5, 5.41) is 2.87. The zero-order valence-corrected chi connectivity index (χ0v) is 10.9. The Morgan fingerprint density at radius 1 is 1.65 bits per heavy atom. The fourth-order valence-electron chi connectivity index (χ4n) is 1.51. The van der Waals surface area contributed by atoms with Crippen molar-refractivity contribution in [3.63, 3.8) is 0 Å². The molecule has 1 aliphatic heterocycles. The van der Waals surface area contributed by atoms with E-state index in [0.717, 1.165) is 0 Å². The molecule has 1 fully saturated rings. The SMILES string of the molecule is C=CCNC(N)=NCC1CN(S(=O)(=O)CC)C1. The Kier molecular flexibility index (Phi) is 4.95. The molecule has 0 amide bonds. The lowest BCUT2D eigenvalue weighted by Crippen LogP contribution is -2.51. The molecule has 0 aromatic heterocycles. The van der Waals surface area contributed by atoms with Crippen molar-refractivity contribution in [1.29, 1.82) is 0 Å². The largest absolute Gasteiger partial charge is 0.370 e. The van der Waals surface area contributed by atoms with Crippen molar-refractivity contribution in [3.05, 3.63) is 12.7 Å². The minimum Gasteiger partial charge on any atom is -0.370 e. The standard InChI is InChI=1S/C10H20N4O2S/c1-3-5-12-10(11)13-6-9-7-14(8-9)17(15,16)4-2/h3,9H,1,4-8H2,2H3,(H3,11,12,13). The quantitative estimate of drug-likeness (QED) is 0.378. The first kappa shape index (κ1) is 14.0. The van der Waals surface area contributed by atoms with Crippen LogP contribution in [-0.4, -0.2) is 50.6 Å². The number of sulfonamides is 1. The minimum atomic E-state index is -3.02. The lowest BCUT2D eigenvalue weighted by Gasteiger charge is -2.37. The molecule has 0 spiro atoms. The number of hydrogen-bond acceptors (Lipinski definition) is 3. The highest BCUT2D eigenvalue weighted by Crippen LogP contribution is 2.19. The van der Waals surface area contributed by atoms with Crippen molar-refractivity contribution in [1.82, 2.24) is 9.62 Å². The van der Waals surface area contributed by atoms with Crippen LogP contribution in [0, 0.1) is 5.92 Å². The van der Waals surface area contributed by atoms with E-state index in [0.29, 0.717) is 32.1 Å². The molecular formula is C10H20N4O2S. The number of guanidine groups is 1. The molecule has 0 aromatic carbocycles. The summed E-state index contributed by atoms with van der Waals surface area (Å²) in [6.45, 7) is 7.45. The third kappa shape index (κ3) is 4.01. The first-order chi connectivity index (χ1) is 7.99. The maximum absolute atomic E-state index is 11.4. The predicted molar refractivity (Wildman–Crippen MR) is 69.2 cm³/mol. The Balaban J connectivity index is 2.28. The molecule has 1 rings (SSSR count). The molecule has 7 heteroatoms. The highest BCUT2D eigenvalue weighted by atomic mass is 32.2. The molecule has 0 saturated carbocycles. The number of nitrogens with zero attached hydrogens (tertiary/aromatic N) is 2. The number of nitrogens with one attached hydrogen (secondary N) is 1. The molecule has 0 aromatic rings. The summed E-state index contributed by atoms with van der Waals surface area (Å²) in [4.78, 5) is 4.14. The molecule has 0 unspecified atom stereocenters. The van der Waals surface area contributed by atoms with Gasteiger partial charge in [-0.3, -0.25) is 4.99 Å². The molecule has 3 N–H and O–H groups in total. The Morgan fingerprint density at radius 3 is 2.82 bits per heavy atom. The summed E-state index contributed by atoms with van der Waals surface area (Å²) in [5.41, 5.74) is 5.59. The molecule has 0 atom stereocenters. The molecule has 0 bridgehead atoms. The predicted octanol–water partition coefficient (Wildman–Crippen LogP) is -0.642. The van der Waals surface area contributed by atoms with Gasteiger partial charge in [-0.05, 0) is 6.92 Å². The van der Waals surface area contributed by atoms with Crippen molar-refractivity contribution in [2.24, 2.45) is 16.6 Å². The molecule has 1 heterocycles. The van der Waals surface area contributed by atoms with Crippen LogP contribution in [0.5, 0.6) is 0 Å². The van der Waals surface area contributed by atoms with Crippen LogP contribution in [0.2, 0.25) is 0 Å². The number of rotatable bonds is 6. The van der Waals surface area contributed by atoms with E-state index in [1.54, 1.807) is 13.0 Å². The highest BCUT2D eigenvalue weighted by Gasteiger charge is 2.34. The van der Waals surface area contributed by atoms with E-state index < -0.39 is 10.0 Å². The Hall–Kier alpha value is -1.08. The van der Waals surface area contributed by atoms with Crippen LogP contribution in [-0.2, 0) is 10.0 Å². The van der Waals surface area contributed by atoms with Gasteiger partial charge in [0.2, 0.25) is 10.0 Å². The molecule has 1 aliphatic rings. The minimum absolute atomic E-state index is 0.159. The van der Waals surface area contributed by atoms with E-state index in [1.807, 2.05) is 0 Å². The van der Waals surface area contributed by atoms with E-state index in [9.17, 15) is 8.42 Å². The van der Waals surface area contributed by atoms with Gasteiger partial charge in [0.05, 0.1) is 5.75 Å². The van der Waals surface area contributed by atoms with E-state index in [2.05, 4.69) is 16.9 Å². The van der Waals surface area contributed by atoms with Crippen molar-refractivity contribution >= 4 is 16.0 Å². The second kappa shape index (κ2) is 6.02. The summed E-state index contributed by atoms with van der Waals surface area (Å²) in [7, 11) is -3.02. The van der Waals surface area contributed by atoms with E-state index >= 15 is 0 Å². The summed E-state index contributed by atoms with van der Waals surface area (Å²) in [6, 6.07) is 0. The zero-order chi connectivity index (χ0) is 12.9. The van der Waals surface area contributed by atoms with Gasteiger partial charge >= 0.3 is 0 Å². The van der Waals surface area contributed by atoms with Crippen molar-refractivity contribution in [2.45, 2.75) is 6.92 Å². The van der Waals surface area contributed by atoms with Crippen LogP contribution in [0.25, 0.3) is 0 Å². The number of nitrogens with two attached hydrogens (primary N) is 1. The highest BCUT2D eigenvalue weighted by molar-refractivity contribution is 7.89. The average molecular weight is 260 g/mol. The third-order valence-corrected chi connectivity index (χ3v) is 4.44. The first-order valence-corrected chi connectivity index (χ1v) is 7.23. The number of aliphatic imine (C=N–C) groups is 1. The maximum Gasteiger partial charge on any atom is 0.213 e. The normalized spacial score (nSPS) is 18.8. The van der Waals surface area contributed by atoms with Gasteiger partial charge in [-0.2, -0.15) is 0 Å². The second-order valence-electron chi connectivity index (χ2n) is 3.98. The zero-order valence-electron chi connectivity index (χ0n) is 10.1. The molecule has 6 nitrogen and oxygen atoms in total. The van der Waals surface area contributed by atoms with Gasteiger partial charge in [0, 0.05) is 32.1 Å². The Bertz CT molecular complexity index is 385. The van der Waals surface area contributed by atoms with Crippen LogP contribution in [0.15, 0.2) is 17.6 Å². The summed E-state index contributed by atoms with van der Waals surface area (Å²) < 4.78 is 24.4. The molecular weight excluding hydrogens is 240 g/mol. The monoisotopic (exact) mass is 260 g/mol. The maximum atomic E-state index is 11.4. The summed E-state index contributed by atoms with van der Waals surface area (Å²) in [5.74, 6) is 0.813. The molecule has 1 saturated heterocycles. The van der Waals surface area contributed by atoms with Crippen LogP contribution in [0.1, 0.15) is 6.92 Å².